The van der Waals surface area contributed by atoms with Crippen molar-refractivity contribution in [2.24, 2.45) is 17.8 Å². The number of carbonyl (C=O) groups is 4. The second-order valence-electron chi connectivity index (χ2n) is 30.2. The molecule has 3 N–H and O–H groups in total. The summed E-state index contributed by atoms with van der Waals surface area (Å²) in [7, 11) is -9.92. The third kappa shape index (κ3) is 74.1. The highest BCUT2D eigenvalue weighted by Crippen LogP contribution is 2.45. The largest absolute Gasteiger partial charge is 0.472 e. The van der Waals surface area contributed by atoms with Crippen LogP contribution in [0.5, 0.6) is 0 Å². The third-order valence-electron chi connectivity index (χ3n) is 18.6. The van der Waals surface area contributed by atoms with E-state index in [2.05, 4.69) is 48.5 Å². The monoisotopic (exact) mass is 1450 g/mol. The molecular weight excluding hydrogens is 1290 g/mol. The van der Waals surface area contributed by atoms with Gasteiger partial charge in [0.25, 0.3) is 0 Å². The summed E-state index contributed by atoms with van der Waals surface area (Å²) in [5.41, 5.74) is 0. The van der Waals surface area contributed by atoms with E-state index in [-0.39, 0.29) is 25.7 Å². The van der Waals surface area contributed by atoms with Crippen molar-refractivity contribution in [3.05, 3.63) is 0 Å². The molecule has 0 fully saturated rings. The molecule has 588 valence electrons. The van der Waals surface area contributed by atoms with E-state index in [9.17, 15) is 43.2 Å². The van der Waals surface area contributed by atoms with Gasteiger partial charge in [-0.25, -0.2) is 9.13 Å². The number of aliphatic hydroxyl groups is 1. The van der Waals surface area contributed by atoms with Crippen LogP contribution < -0.4 is 0 Å². The van der Waals surface area contributed by atoms with E-state index < -0.39 is 97.5 Å². The van der Waals surface area contributed by atoms with Crippen LogP contribution in [0, 0.1) is 17.8 Å². The first-order chi connectivity index (χ1) is 47.7. The van der Waals surface area contributed by atoms with E-state index in [1.807, 2.05) is 0 Å². The van der Waals surface area contributed by atoms with Gasteiger partial charge in [0.15, 0.2) is 12.2 Å². The van der Waals surface area contributed by atoms with Crippen molar-refractivity contribution < 1.29 is 80.2 Å². The summed E-state index contributed by atoms with van der Waals surface area (Å²) < 4.78 is 68.7. The van der Waals surface area contributed by atoms with Crippen LogP contribution >= 0.6 is 15.6 Å². The number of phosphoric acid groups is 2. The highest BCUT2D eigenvalue weighted by Gasteiger charge is 2.30. The summed E-state index contributed by atoms with van der Waals surface area (Å²) in [6, 6.07) is 0. The predicted octanol–water partition coefficient (Wildman–Crippen LogP) is 23.7. The van der Waals surface area contributed by atoms with Crippen LogP contribution in [0.1, 0.15) is 414 Å². The fourth-order valence-electron chi connectivity index (χ4n) is 12.3. The minimum atomic E-state index is -4.96. The quantitative estimate of drug-likeness (QED) is 0.0222. The van der Waals surface area contributed by atoms with Gasteiger partial charge >= 0.3 is 39.5 Å². The minimum Gasteiger partial charge on any atom is -0.462 e. The normalized spacial score (nSPS) is 14.0. The lowest BCUT2D eigenvalue weighted by molar-refractivity contribution is -0.161. The van der Waals surface area contributed by atoms with Crippen molar-refractivity contribution in [3.8, 4) is 0 Å². The fraction of sp³-hybridized carbons (Fsp3) is 0.950. The lowest BCUT2D eigenvalue weighted by Crippen LogP contribution is -2.30. The fourth-order valence-corrected chi connectivity index (χ4v) is 13.9. The maximum atomic E-state index is 13.1. The summed E-state index contributed by atoms with van der Waals surface area (Å²) >= 11 is 0. The lowest BCUT2D eigenvalue weighted by atomic mass is 10.0. The smallest absolute Gasteiger partial charge is 0.462 e. The van der Waals surface area contributed by atoms with Gasteiger partial charge in [0.2, 0.25) is 0 Å². The van der Waals surface area contributed by atoms with Crippen LogP contribution in [0.25, 0.3) is 0 Å². The highest BCUT2D eigenvalue weighted by atomic mass is 31.2. The number of hydrogen-bond acceptors (Lipinski definition) is 15. The standard InChI is InChI=1S/C80H156O17P2/c1-8-9-10-11-12-13-14-15-16-17-18-19-20-21-22-25-34-42-49-56-63-79(84)96-75(67-90-77(82)61-54-47-40-33-26-23-24-30-37-44-51-58-71(2)3)69-94-98(86,87)92-65-74(81)66-93-99(88,89)95-70-76(68-91-78(83)62-55-48-41-36-29-32-39-46-53-60-73(6)7)97-80(85)64-57-50-43-35-28-27-31-38-45-52-59-72(4)5/h71-76,81H,8-70H2,1-7H3,(H,86,87)(H,88,89)/t74-,75-,76-/m1/s1. The molecule has 0 aromatic carbocycles. The number of carbonyl (C=O) groups excluding carboxylic acids is 4. The topological polar surface area (TPSA) is 237 Å². The molecule has 0 aromatic rings. The second kappa shape index (κ2) is 70.4. The van der Waals surface area contributed by atoms with Gasteiger partial charge in [-0.15, -0.1) is 0 Å². The molecule has 0 amide bonds. The molecule has 0 radical (unpaired) electrons. The summed E-state index contributed by atoms with van der Waals surface area (Å²) in [5, 5.41) is 10.6. The zero-order valence-electron chi connectivity index (χ0n) is 65.0. The van der Waals surface area contributed by atoms with Gasteiger partial charge in [-0.1, -0.05) is 363 Å². The van der Waals surface area contributed by atoms with Crippen molar-refractivity contribution in [1.82, 2.24) is 0 Å². The Morgan fingerprint density at radius 2 is 0.465 bits per heavy atom. The van der Waals surface area contributed by atoms with Crippen molar-refractivity contribution in [3.63, 3.8) is 0 Å². The van der Waals surface area contributed by atoms with E-state index in [0.717, 1.165) is 108 Å². The van der Waals surface area contributed by atoms with Crippen molar-refractivity contribution in [2.45, 2.75) is 433 Å². The number of esters is 4. The van der Waals surface area contributed by atoms with E-state index in [0.29, 0.717) is 25.7 Å². The van der Waals surface area contributed by atoms with Crippen LogP contribution in [0.3, 0.4) is 0 Å². The number of ether oxygens (including phenoxy) is 4. The number of aliphatic hydroxyl groups excluding tert-OH is 1. The van der Waals surface area contributed by atoms with E-state index in [4.69, 9.17) is 37.0 Å². The lowest BCUT2D eigenvalue weighted by Gasteiger charge is -2.21. The van der Waals surface area contributed by atoms with Crippen LogP contribution in [0.2, 0.25) is 0 Å². The molecule has 0 spiro atoms. The van der Waals surface area contributed by atoms with Gasteiger partial charge in [0.05, 0.1) is 26.4 Å². The maximum Gasteiger partial charge on any atom is 0.472 e. The van der Waals surface area contributed by atoms with Crippen LogP contribution in [-0.2, 0) is 65.4 Å². The molecule has 0 bridgehead atoms. The molecule has 99 heavy (non-hydrogen) atoms. The zero-order chi connectivity index (χ0) is 73.0. The van der Waals surface area contributed by atoms with Gasteiger partial charge in [-0.05, 0) is 43.4 Å². The van der Waals surface area contributed by atoms with E-state index >= 15 is 0 Å². The molecule has 0 heterocycles. The Kier molecular flexibility index (Phi) is 69.0. The van der Waals surface area contributed by atoms with Crippen LogP contribution in [0.15, 0.2) is 0 Å². The third-order valence-corrected chi connectivity index (χ3v) is 20.5. The number of phosphoric ester groups is 2. The molecule has 2 unspecified atom stereocenters. The number of rotatable bonds is 78. The minimum absolute atomic E-state index is 0.106. The number of hydrogen-bond donors (Lipinski definition) is 3. The maximum absolute atomic E-state index is 13.1. The Hall–Kier alpha value is -1.94. The Morgan fingerprint density at radius 3 is 0.687 bits per heavy atom. The van der Waals surface area contributed by atoms with Gasteiger partial charge in [-0.3, -0.25) is 37.3 Å². The summed E-state index contributed by atoms with van der Waals surface area (Å²) in [4.78, 5) is 73.0. The Labute approximate surface area is 607 Å². The average molecular weight is 1450 g/mol. The first-order valence-corrected chi connectivity index (χ1v) is 44.3. The van der Waals surface area contributed by atoms with Crippen LogP contribution in [0.4, 0.5) is 0 Å². The molecule has 0 aliphatic carbocycles. The van der Waals surface area contributed by atoms with Gasteiger partial charge in [-0.2, -0.15) is 0 Å². The van der Waals surface area contributed by atoms with Crippen molar-refractivity contribution in [1.29, 1.82) is 0 Å². The van der Waals surface area contributed by atoms with Crippen molar-refractivity contribution >= 4 is 39.5 Å². The summed E-state index contributed by atoms with van der Waals surface area (Å²) in [6.45, 7) is 11.9. The predicted molar refractivity (Wildman–Crippen MR) is 405 cm³/mol. The molecule has 0 saturated carbocycles. The van der Waals surface area contributed by atoms with E-state index in [1.54, 1.807) is 0 Å². The number of unbranched alkanes of at least 4 members (excludes halogenated alkanes) is 46. The molecule has 5 atom stereocenters. The van der Waals surface area contributed by atoms with Crippen molar-refractivity contribution in [2.75, 3.05) is 39.6 Å². The SMILES string of the molecule is CCCCCCCCCCCCCCCCCCCCCCC(=O)O[C@H](COC(=O)CCCCCCCCCCCCCC(C)C)COP(=O)(O)OC[C@@H](O)COP(=O)(O)OC[C@@H](COC(=O)CCCCCCCCCCCC(C)C)OC(=O)CCCCCCCCCCCCC(C)C. The molecule has 0 saturated heterocycles. The molecule has 0 aromatic heterocycles. The molecule has 0 rings (SSSR count). The molecule has 0 aliphatic rings. The van der Waals surface area contributed by atoms with Gasteiger partial charge in [0, 0.05) is 25.7 Å². The average Bonchev–Trinajstić information content (AvgIpc) is 1.20. The molecular formula is C80H156O17P2. The highest BCUT2D eigenvalue weighted by molar-refractivity contribution is 7.47. The second-order valence-corrected chi connectivity index (χ2v) is 33.1. The van der Waals surface area contributed by atoms with Gasteiger partial charge in [0.1, 0.15) is 19.3 Å². The molecule has 17 nitrogen and oxygen atoms in total. The Bertz CT molecular complexity index is 1920. The Morgan fingerprint density at radius 1 is 0.273 bits per heavy atom. The first-order valence-electron chi connectivity index (χ1n) is 41.3. The molecule has 19 heteroatoms. The Balaban J connectivity index is 5.24. The van der Waals surface area contributed by atoms with Gasteiger partial charge < -0.3 is 33.8 Å². The first kappa shape index (κ1) is 97.1. The molecule has 0 aliphatic heterocycles. The summed E-state index contributed by atoms with van der Waals surface area (Å²) in [5.74, 6) is 0.154. The van der Waals surface area contributed by atoms with E-state index in [1.165, 1.54) is 225 Å². The zero-order valence-corrected chi connectivity index (χ0v) is 66.8. The van der Waals surface area contributed by atoms with Crippen LogP contribution in [-0.4, -0.2) is 96.7 Å². The summed E-state index contributed by atoms with van der Waals surface area (Å²) in [6.07, 6.45) is 58.3.